The van der Waals surface area contributed by atoms with Crippen LogP contribution in [0.3, 0.4) is 0 Å². The number of carbonyl (C=O) groups excluding carboxylic acids is 1. The van der Waals surface area contributed by atoms with E-state index >= 15 is 0 Å². The summed E-state index contributed by atoms with van der Waals surface area (Å²) in [6.45, 7) is 5.22. The number of morpholine rings is 1. The maximum Gasteiger partial charge on any atom is 0.326 e. The van der Waals surface area contributed by atoms with Crippen LogP contribution in [0.4, 0.5) is 14.6 Å². The van der Waals surface area contributed by atoms with E-state index in [1.807, 2.05) is 52.3 Å². The monoisotopic (exact) mass is 721 g/mol. The van der Waals surface area contributed by atoms with Gasteiger partial charge in [0.15, 0.2) is 11.5 Å². The van der Waals surface area contributed by atoms with Gasteiger partial charge in [-0.25, -0.2) is 28.2 Å². The second-order valence-corrected chi connectivity index (χ2v) is 13.7. The minimum absolute atomic E-state index is 0.0392. The predicted octanol–water partition coefficient (Wildman–Crippen LogP) is 3.99. The second kappa shape index (κ2) is 13.7. The lowest BCUT2D eigenvalue weighted by molar-refractivity contribution is -0.133. The van der Waals surface area contributed by atoms with Gasteiger partial charge < -0.3 is 24.3 Å². The maximum absolute atomic E-state index is 14.9. The van der Waals surface area contributed by atoms with Crippen molar-refractivity contribution >= 4 is 33.8 Å². The third kappa shape index (κ3) is 6.18. The number of carbonyl (C=O) groups is 1. The molecule has 15 heteroatoms. The summed E-state index contributed by atoms with van der Waals surface area (Å²) in [7, 11) is 0. The number of nitrogens with zero attached hydrogens (tertiary/aromatic N) is 8. The van der Waals surface area contributed by atoms with E-state index in [4.69, 9.17) is 9.47 Å². The largest absolute Gasteiger partial charge is 0.488 e. The number of hydrogen-bond acceptors (Lipinski definition) is 9. The van der Waals surface area contributed by atoms with E-state index in [1.165, 1.54) is 23.1 Å². The number of ether oxygens (including phenoxy) is 2. The van der Waals surface area contributed by atoms with E-state index in [0.29, 0.717) is 81.4 Å². The number of aromatic nitrogens is 6. The van der Waals surface area contributed by atoms with Gasteiger partial charge in [0.1, 0.15) is 41.5 Å². The van der Waals surface area contributed by atoms with E-state index in [9.17, 15) is 18.4 Å². The van der Waals surface area contributed by atoms with Crippen LogP contribution in [0.5, 0.6) is 5.75 Å². The van der Waals surface area contributed by atoms with E-state index in [-0.39, 0.29) is 23.4 Å². The van der Waals surface area contributed by atoms with Crippen LogP contribution < -0.4 is 15.3 Å². The summed E-state index contributed by atoms with van der Waals surface area (Å²) >= 11 is 0. The van der Waals surface area contributed by atoms with E-state index < -0.39 is 17.7 Å². The average molecular weight is 722 g/mol. The van der Waals surface area contributed by atoms with Crippen molar-refractivity contribution < 1.29 is 23.0 Å². The molecule has 0 spiro atoms. The number of benzene rings is 3. The zero-order chi connectivity index (χ0) is 36.1. The molecule has 2 saturated heterocycles. The lowest BCUT2D eigenvalue weighted by atomic mass is 10.0. The topological polar surface area (TPSA) is 127 Å². The molecule has 272 valence electrons. The molecule has 0 aliphatic carbocycles. The van der Waals surface area contributed by atoms with Crippen molar-refractivity contribution in [1.82, 2.24) is 39.1 Å². The second-order valence-electron chi connectivity index (χ2n) is 13.7. The van der Waals surface area contributed by atoms with Gasteiger partial charge in [-0.1, -0.05) is 24.3 Å². The van der Waals surface area contributed by atoms with E-state index in [1.54, 1.807) is 10.8 Å². The van der Waals surface area contributed by atoms with Gasteiger partial charge in [-0.15, -0.1) is 0 Å². The fraction of sp³-hybridized carbons (Fsp3) is 0.342. The summed E-state index contributed by atoms with van der Waals surface area (Å²) in [6.07, 6.45) is 3.46. The Morgan fingerprint density at radius 1 is 0.925 bits per heavy atom. The van der Waals surface area contributed by atoms with Crippen molar-refractivity contribution in [2.24, 2.45) is 0 Å². The summed E-state index contributed by atoms with van der Waals surface area (Å²) in [6, 6.07) is 16.3. The summed E-state index contributed by atoms with van der Waals surface area (Å²) in [5.41, 5.74) is 3.54. The molecule has 3 aliphatic heterocycles. The van der Waals surface area contributed by atoms with Gasteiger partial charge in [-0.2, -0.15) is 5.10 Å². The maximum atomic E-state index is 14.9. The zero-order valence-electron chi connectivity index (χ0n) is 28.8. The Kier molecular flexibility index (Phi) is 8.58. The molecular formula is C38H37F2N9O4. The highest BCUT2D eigenvalue weighted by atomic mass is 19.1. The van der Waals surface area contributed by atoms with Gasteiger partial charge in [0.25, 0.3) is 0 Å². The number of aryl methyl sites for hydroxylation is 1. The first-order valence-electron chi connectivity index (χ1n) is 17.9. The average Bonchev–Trinajstić information content (AvgIpc) is 3.88. The minimum atomic E-state index is -0.783. The Labute approximate surface area is 302 Å². The molecule has 1 amide bonds. The van der Waals surface area contributed by atoms with E-state index in [0.717, 1.165) is 41.3 Å². The number of amides is 1. The van der Waals surface area contributed by atoms with Crippen LogP contribution in [0.15, 0.2) is 78.0 Å². The van der Waals surface area contributed by atoms with Crippen LogP contribution in [-0.4, -0.2) is 110 Å². The molecule has 0 radical (unpaired) electrons. The lowest BCUT2D eigenvalue weighted by Crippen LogP contribution is -2.49. The molecule has 6 heterocycles. The quantitative estimate of drug-likeness (QED) is 0.281. The van der Waals surface area contributed by atoms with Crippen LogP contribution >= 0.6 is 0 Å². The molecule has 4 bridgehead atoms. The van der Waals surface area contributed by atoms with Crippen molar-refractivity contribution in [2.75, 3.05) is 57.4 Å². The molecule has 3 aliphatic rings. The van der Waals surface area contributed by atoms with Crippen LogP contribution in [-0.2, 0) is 16.1 Å². The standard InChI is InChI=1S/C38H37F2N9O4/c39-25-8-9-32(30(40)19-25)49-36-29(21-43-49)35(41-23-42-36)48-22-27-20-33(48)37(50)46(13-12-45-14-16-52-17-15-45)10-3-11-47-34-28(6-2-7-31(34)44-38(47)51)24-4-1-5-26(18-24)53-27/h1-2,4-9,18-19,21,23,27,33H,3,10-17,20,22H2,(H,44,51)/t27-,33-/m0/s1. The summed E-state index contributed by atoms with van der Waals surface area (Å²) in [5, 5.41) is 4.93. The number of imidazole rings is 1. The van der Waals surface area contributed by atoms with Crippen LogP contribution in [0.2, 0.25) is 0 Å². The van der Waals surface area contributed by atoms with Gasteiger partial charge in [-0.05, 0) is 42.3 Å². The van der Waals surface area contributed by atoms with Crippen molar-refractivity contribution in [3.8, 4) is 22.6 Å². The molecule has 53 heavy (non-hydrogen) atoms. The highest BCUT2D eigenvalue weighted by molar-refractivity contribution is 5.94. The Morgan fingerprint density at radius 2 is 1.79 bits per heavy atom. The summed E-state index contributed by atoms with van der Waals surface area (Å²) in [5.74, 6) is -0.465. The summed E-state index contributed by atoms with van der Waals surface area (Å²) < 4.78 is 44.0. The highest BCUT2D eigenvalue weighted by Gasteiger charge is 2.42. The number of H-pyrrole nitrogens is 1. The molecule has 6 aromatic rings. The van der Waals surface area contributed by atoms with Crippen molar-refractivity contribution in [3.05, 3.63) is 95.3 Å². The fourth-order valence-electron chi connectivity index (χ4n) is 7.89. The third-order valence-electron chi connectivity index (χ3n) is 10.5. The van der Waals surface area contributed by atoms with Crippen LogP contribution in [0, 0.1) is 11.6 Å². The fourth-order valence-corrected chi connectivity index (χ4v) is 7.89. The molecule has 0 saturated carbocycles. The molecule has 1 N–H and O–H groups in total. The number of anilines is 1. The number of hydrogen-bond donors (Lipinski definition) is 1. The van der Waals surface area contributed by atoms with Crippen LogP contribution in [0.1, 0.15) is 12.8 Å². The normalized spacial score (nSPS) is 19.8. The molecule has 3 aromatic heterocycles. The Bertz CT molecular complexity index is 2390. The zero-order valence-corrected chi connectivity index (χ0v) is 28.8. The van der Waals surface area contributed by atoms with Gasteiger partial charge in [0, 0.05) is 57.3 Å². The smallest absolute Gasteiger partial charge is 0.326 e. The number of aromatic amines is 1. The predicted molar refractivity (Wildman–Crippen MR) is 193 cm³/mol. The van der Waals surface area contributed by atoms with Gasteiger partial charge in [0.2, 0.25) is 5.91 Å². The number of fused-ring (bicyclic) bond motifs is 6. The molecule has 9 rings (SSSR count). The van der Waals surface area contributed by atoms with Gasteiger partial charge in [-0.3, -0.25) is 14.3 Å². The Morgan fingerprint density at radius 3 is 2.66 bits per heavy atom. The van der Waals surface area contributed by atoms with Crippen molar-refractivity contribution in [1.29, 1.82) is 0 Å². The SMILES string of the molecule is O=C1[C@@H]2C[C@@H](CN2c2ncnc3c2cnn3-c2ccc(F)cc2F)Oc2cccc(c2)-c2cccc3[nH]c(=O)n(c23)CCCN1CCN1CCOCC1. The summed E-state index contributed by atoms with van der Waals surface area (Å²) in [4.78, 5) is 46.4. The minimum Gasteiger partial charge on any atom is -0.488 e. The molecule has 2 fully saturated rings. The first-order valence-corrected chi connectivity index (χ1v) is 17.9. The van der Waals surface area contributed by atoms with E-state index in [2.05, 4.69) is 25.0 Å². The van der Waals surface area contributed by atoms with Crippen LogP contribution in [0.25, 0.3) is 38.9 Å². The molecule has 3 aromatic carbocycles. The Hall–Kier alpha value is -5.67. The highest BCUT2D eigenvalue weighted by Crippen LogP contribution is 2.35. The number of para-hydroxylation sites is 1. The van der Waals surface area contributed by atoms with Gasteiger partial charge in [0.05, 0.1) is 42.4 Å². The first-order chi connectivity index (χ1) is 25.9. The molecule has 13 nitrogen and oxygen atoms in total. The molecule has 0 unspecified atom stereocenters. The van der Waals surface area contributed by atoms with Gasteiger partial charge >= 0.3 is 5.69 Å². The third-order valence-corrected chi connectivity index (χ3v) is 10.5. The number of rotatable bonds is 5. The molecular weight excluding hydrogens is 684 g/mol. The van der Waals surface area contributed by atoms with Crippen molar-refractivity contribution in [3.63, 3.8) is 0 Å². The lowest BCUT2D eigenvalue weighted by Gasteiger charge is -2.33. The number of nitrogens with one attached hydrogen (secondary N) is 1. The van der Waals surface area contributed by atoms with Crippen molar-refractivity contribution in [2.45, 2.75) is 31.5 Å². The number of halogens is 2. The molecule has 2 atom stereocenters. The first kappa shape index (κ1) is 33.2. The Balaban J connectivity index is 1.12.